The molecule has 0 saturated heterocycles. The second-order valence-corrected chi connectivity index (χ2v) is 5.10. The number of aryl methyl sites for hydroxylation is 1. The Labute approximate surface area is 121 Å². The highest BCUT2D eigenvalue weighted by Gasteiger charge is 2.08. The Balaban J connectivity index is 2.43. The van der Waals surface area contributed by atoms with Crippen molar-refractivity contribution in [2.24, 2.45) is 10.9 Å². The normalized spacial score (nSPS) is 11.6. The Morgan fingerprint density at radius 3 is 2.60 bits per heavy atom. The molecule has 0 aliphatic heterocycles. The van der Waals surface area contributed by atoms with E-state index >= 15 is 0 Å². The predicted octanol–water partition coefficient (Wildman–Crippen LogP) is 3.83. The van der Waals surface area contributed by atoms with Crippen molar-refractivity contribution in [2.45, 2.75) is 52.4 Å². The summed E-state index contributed by atoms with van der Waals surface area (Å²) in [5.74, 6) is 0.770. The fourth-order valence-corrected chi connectivity index (χ4v) is 2.09. The first-order valence-corrected chi connectivity index (χ1v) is 7.40. The van der Waals surface area contributed by atoms with Gasteiger partial charge in [-0.25, -0.2) is 0 Å². The van der Waals surface area contributed by atoms with Gasteiger partial charge in [0.15, 0.2) is 5.84 Å². The molecular weight excluding hydrogens is 252 g/mol. The van der Waals surface area contributed by atoms with Crippen LogP contribution in [0.4, 0.5) is 0 Å². The molecule has 1 aromatic carbocycles. The van der Waals surface area contributed by atoms with E-state index in [1.165, 1.54) is 32.1 Å². The van der Waals surface area contributed by atoms with Crippen LogP contribution >= 0.6 is 0 Å². The summed E-state index contributed by atoms with van der Waals surface area (Å²) in [7, 11) is 0. The molecular formula is C16H26N2O2. The lowest BCUT2D eigenvalue weighted by Gasteiger charge is -2.11. The quantitative estimate of drug-likeness (QED) is 0.237. The molecule has 4 heteroatoms. The number of rotatable bonds is 9. The van der Waals surface area contributed by atoms with Gasteiger partial charge in [0.2, 0.25) is 0 Å². The van der Waals surface area contributed by atoms with E-state index in [1.807, 2.05) is 25.1 Å². The second-order valence-electron chi connectivity index (χ2n) is 5.10. The van der Waals surface area contributed by atoms with Crippen LogP contribution in [0.2, 0.25) is 0 Å². The third-order valence-electron chi connectivity index (χ3n) is 3.27. The minimum absolute atomic E-state index is 0.0895. The monoisotopic (exact) mass is 278 g/mol. The largest absolute Gasteiger partial charge is 0.493 e. The molecule has 1 rings (SSSR count). The summed E-state index contributed by atoms with van der Waals surface area (Å²) in [6.07, 6.45) is 7.36. The molecule has 0 amide bonds. The number of unbranched alkanes of at least 4 members (excludes halogenated alkanes) is 5. The van der Waals surface area contributed by atoms with Crippen molar-refractivity contribution in [2.75, 3.05) is 6.61 Å². The van der Waals surface area contributed by atoms with Crippen LogP contribution < -0.4 is 10.5 Å². The fraction of sp³-hybridized carbons (Fsp3) is 0.562. The van der Waals surface area contributed by atoms with Crippen molar-refractivity contribution in [3.8, 4) is 5.75 Å². The lowest BCUT2D eigenvalue weighted by atomic mass is 10.1. The van der Waals surface area contributed by atoms with E-state index < -0.39 is 0 Å². The summed E-state index contributed by atoms with van der Waals surface area (Å²) in [6, 6.07) is 5.70. The van der Waals surface area contributed by atoms with Crippen LogP contribution in [0.15, 0.2) is 23.4 Å². The molecule has 3 N–H and O–H groups in total. The van der Waals surface area contributed by atoms with Crippen molar-refractivity contribution in [3.63, 3.8) is 0 Å². The van der Waals surface area contributed by atoms with E-state index in [0.717, 1.165) is 12.0 Å². The lowest BCUT2D eigenvalue weighted by molar-refractivity contribution is 0.301. The average Bonchev–Trinajstić information content (AvgIpc) is 2.46. The van der Waals surface area contributed by atoms with Crippen molar-refractivity contribution in [3.05, 3.63) is 29.3 Å². The zero-order chi connectivity index (χ0) is 14.8. The molecule has 0 spiro atoms. The van der Waals surface area contributed by atoms with Crippen LogP contribution in [-0.2, 0) is 0 Å². The Bertz CT molecular complexity index is 430. The number of hydrogen-bond donors (Lipinski definition) is 2. The average molecular weight is 278 g/mol. The molecule has 0 radical (unpaired) electrons. The smallest absolute Gasteiger partial charge is 0.173 e. The van der Waals surface area contributed by atoms with E-state index in [1.54, 1.807) is 0 Å². The van der Waals surface area contributed by atoms with Gasteiger partial charge in [-0.05, 0) is 25.5 Å². The molecule has 0 aromatic heterocycles. The molecule has 0 heterocycles. The van der Waals surface area contributed by atoms with Crippen LogP contribution in [-0.4, -0.2) is 17.6 Å². The van der Waals surface area contributed by atoms with Crippen LogP contribution in [0.1, 0.15) is 56.6 Å². The highest BCUT2D eigenvalue weighted by atomic mass is 16.5. The van der Waals surface area contributed by atoms with E-state index in [2.05, 4.69) is 12.1 Å². The van der Waals surface area contributed by atoms with Crippen molar-refractivity contribution < 1.29 is 9.94 Å². The molecule has 4 nitrogen and oxygen atoms in total. The molecule has 20 heavy (non-hydrogen) atoms. The van der Waals surface area contributed by atoms with Gasteiger partial charge >= 0.3 is 0 Å². The van der Waals surface area contributed by atoms with E-state index in [-0.39, 0.29) is 5.84 Å². The van der Waals surface area contributed by atoms with Gasteiger partial charge in [0, 0.05) is 0 Å². The SMILES string of the molecule is CCCCCCCCOc1ccc(C)cc1/C(N)=N/O. The number of nitrogens with zero attached hydrogens (tertiary/aromatic N) is 1. The topological polar surface area (TPSA) is 67.8 Å². The van der Waals surface area contributed by atoms with Crippen LogP contribution in [0.5, 0.6) is 5.75 Å². The number of amidine groups is 1. The van der Waals surface area contributed by atoms with Crippen molar-refractivity contribution in [1.82, 2.24) is 0 Å². The number of benzene rings is 1. The van der Waals surface area contributed by atoms with E-state index in [0.29, 0.717) is 17.9 Å². The summed E-state index contributed by atoms with van der Waals surface area (Å²) in [5, 5.41) is 11.9. The Hall–Kier alpha value is -1.71. The maximum atomic E-state index is 8.80. The molecule has 0 aliphatic rings. The first kappa shape index (κ1) is 16.3. The number of hydrogen-bond acceptors (Lipinski definition) is 3. The molecule has 0 unspecified atom stereocenters. The van der Waals surface area contributed by atoms with E-state index in [9.17, 15) is 0 Å². The summed E-state index contributed by atoms with van der Waals surface area (Å²) in [6.45, 7) is 4.85. The van der Waals surface area contributed by atoms with Crippen molar-refractivity contribution >= 4 is 5.84 Å². The standard InChI is InChI=1S/C16H26N2O2/c1-3-4-5-6-7-8-11-20-15-10-9-13(2)12-14(15)16(17)18-19/h9-10,12,19H,3-8,11H2,1-2H3,(H2,17,18). The lowest BCUT2D eigenvalue weighted by Crippen LogP contribution is -2.15. The van der Waals surface area contributed by atoms with Crippen LogP contribution in [0.3, 0.4) is 0 Å². The van der Waals surface area contributed by atoms with Gasteiger partial charge < -0.3 is 15.7 Å². The first-order valence-electron chi connectivity index (χ1n) is 7.40. The summed E-state index contributed by atoms with van der Waals surface area (Å²) in [4.78, 5) is 0. The Kier molecular flexibility index (Phi) is 7.55. The highest BCUT2D eigenvalue weighted by molar-refractivity contribution is 5.99. The highest BCUT2D eigenvalue weighted by Crippen LogP contribution is 2.20. The van der Waals surface area contributed by atoms with Crippen LogP contribution in [0.25, 0.3) is 0 Å². The van der Waals surface area contributed by atoms with Crippen LogP contribution in [0, 0.1) is 6.92 Å². The minimum Gasteiger partial charge on any atom is -0.493 e. The van der Waals surface area contributed by atoms with Gasteiger partial charge in [-0.15, -0.1) is 0 Å². The predicted molar refractivity (Wildman–Crippen MR) is 82.6 cm³/mol. The molecule has 1 aromatic rings. The molecule has 112 valence electrons. The third-order valence-corrected chi connectivity index (χ3v) is 3.27. The minimum atomic E-state index is 0.0895. The van der Waals surface area contributed by atoms with Gasteiger partial charge in [-0.1, -0.05) is 55.8 Å². The van der Waals surface area contributed by atoms with Crippen molar-refractivity contribution in [1.29, 1.82) is 0 Å². The maximum Gasteiger partial charge on any atom is 0.173 e. The zero-order valence-electron chi connectivity index (χ0n) is 12.6. The summed E-state index contributed by atoms with van der Waals surface area (Å²) in [5.41, 5.74) is 7.37. The number of oxime groups is 1. The molecule has 0 fully saturated rings. The molecule has 0 bridgehead atoms. The number of nitrogens with two attached hydrogens (primary N) is 1. The van der Waals surface area contributed by atoms with Gasteiger partial charge in [-0.3, -0.25) is 0 Å². The Morgan fingerprint density at radius 2 is 1.90 bits per heavy atom. The molecule has 0 aliphatic carbocycles. The Morgan fingerprint density at radius 1 is 1.20 bits per heavy atom. The van der Waals surface area contributed by atoms with E-state index in [4.69, 9.17) is 15.7 Å². The third kappa shape index (κ3) is 5.51. The number of ether oxygens (including phenoxy) is 1. The summed E-state index contributed by atoms with van der Waals surface area (Å²) < 4.78 is 5.75. The zero-order valence-corrected chi connectivity index (χ0v) is 12.6. The van der Waals surface area contributed by atoms with Gasteiger partial charge in [0.1, 0.15) is 5.75 Å². The molecule has 0 saturated carbocycles. The molecule has 0 atom stereocenters. The first-order chi connectivity index (χ1) is 9.69. The maximum absolute atomic E-state index is 8.80. The van der Waals surface area contributed by atoms with Gasteiger partial charge in [0.25, 0.3) is 0 Å². The summed E-state index contributed by atoms with van der Waals surface area (Å²) >= 11 is 0. The second kappa shape index (κ2) is 9.23. The van der Waals surface area contributed by atoms with Gasteiger partial charge in [-0.2, -0.15) is 0 Å². The van der Waals surface area contributed by atoms with Gasteiger partial charge in [0.05, 0.1) is 12.2 Å². The fourth-order valence-electron chi connectivity index (χ4n) is 2.09.